The standard InChI is InChI=1S/C13H11BrFN3O2/c1-8-12(14)13(20)18(7-16-8)6-11(19)17-10-4-2-3-9(15)5-10/h2-5,7H,6H2,1H3,(H,17,19). The monoisotopic (exact) mass is 339 g/mol. The molecule has 1 aromatic heterocycles. The van der Waals surface area contributed by atoms with Gasteiger partial charge in [0.1, 0.15) is 16.8 Å². The van der Waals surface area contributed by atoms with E-state index in [1.165, 1.54) is 29.1 Å². The number of nitrogens with one attached hydrogen (secondary N) is 1. The van der Waals surface area contributed by atoms with E-state index in [2.05, 4.69) is 26.2 Å². The molecule has 0 fully saturated rings. The van der Waals surface area contributed by atoms with E-state index < -0.39 is 11.7 Å². The minimum Gasteiger partial charge on any atom is -0.324 e. The number of carbonyl (C=O) groups excluding carboxylic acids is 1. The first-order chi connectivity index (χ1) is 9.47. The number of hydrogen-bond acceptors (Lipinski definition) is 3. The van der Waals surface area contributed by atoms with Gasteiger partial charge < -0.3 is 5.32 Å². The molecule has 20 heavy (non-hydrogen) atoms. The first kappa shape index (κ1) is 14.4. The fraction of sp³-hybridized carbons (Fsp3) is 0.154. The van der Waals surface area contributed by atoms with Crippen molar-refractivity contribution in [3.05, 3.63) is 56.9 Å². The number of anilines is 1. The summed E-state index contributed by atoms with van der Waals surface area (Å²) in [4.78, 5) is 27.7. The van der Waals surface area contributed by atoms with Crippen molar-refractivity contribution in [3.8, 4) is 0 Å². The summed E-state index contributed by atoms with van der Waals surface area (Å²) < 4.78 is 14.5. The second-order valence-corrected chi connectivity index (χ2v) is 4.93. The molecule has 0 saturated heterocycles. The molecule has 0 aliphatic rings. The van der Waals surface area contributed by atoms with Gasteiger partial charge in [-0.25, -0.2) is 9.37 Å². The maximum Gasteiger partial charge on any atom is 0.268 e. The normalized spacial score (nSPS) is 10.3. The number of hydrogen-bond donors (Lipinski definition) is 1. The number of nitrogens with zero attached hydrogens (tertiary/aromatic N) is 2. The van der Waals surface area contributed by atoms with Crippen molar-refractivity contribution >= 4 is 27.5 Å². The summed E-state index contributed by atoms with van der Waals surface area (Å²) in [5.41, 5.74) is 0.547. The Bertz CT molecular complexity index is 715. The Morgan fingerprint density at radius 2 is 2.25 bits per heavy atom. The predicted molar refractivity (Wildman–Crippen MR) is 76.0 cm³/mol. The van der Waals surface area contributed by atoms with Crippen LogP contribution in [-0.4, -0.2) is 15.5 Å². The Balaban J connectivity index is 2.13. The van der Waals surface area contributed by atoms with Gasteiger partial charge >= 0.3 is 0 Å². The van der Waals surface area contributed by atoms with Crippen LogP contribution in [0.1, 0.15) is 5.69 Å². The summed E-state index contributed by atoms with van der Waals surface area (Å²) >= 11 is 3.12. The SMILES string of the molecule is Cc1ncn(CC(=O)Nc2cccc(F)c2)c(=O)c1Br. The summed E-state index contributed by atoms with van der Waals surface area (Å²) in [5, 5.41) is 2.51. The van der Waals surface area contributed by atoms with Crippen LogP contribution in [0.3, 0.4) is 0 Å². The maximum absolute atomic E-state index is 13.0. The molecule has 1 amide bonds. The molecule has 2 rings (SSSR count). The lowest BCUT2D eigenvalue weighted by atomic mass is 10.3. The second kappa shape index (κ2) is 5.96. The Labute approximate surface area is 122 Å². The Hall–Kier alpha value is -2.02. The Morgan fingerprint density at radius 3 is 2.95 bits per heavy atom. The maximum atomic E-state index is 13.0. The van der Waals surface area contributed by atoms with Gasteiger partial charge in [-0.3, -0.25) is 14.2 Å². The highest BCUT2D eigenvalue weighted by Crippen LogP contribution is 2.09. The molecule has 0 radical (unpaired) electrons. The van der Waals surface area contributed by atoms with E-state index >= 15 is 0 Å². The highest BCUT2D eigenvalue weighted by Gasteiger charge is 2.09. The lowest BCUT2D eigenvalue weighted by Gasteiger charge is -2.08. The topological polar surface area (TPSA) is 64.0 Å². The smallest absolute Gasteiger partial charge is 0.268 e. The second-order valence-electron chi connectivity index (χ2n) is 4.14. The first-order valence-corrected chi connectivity index (χ1v) is 6.53. The Morgan fingerprint density at radius 1 is 1.50 bits per heavy atom. The third-order valence-electron chi connectivity index (χ3n) is 2.58. The third-order valence-corrected chi connectivity index (χ3v) is 3.49. The van der Waals surface area contributed by atoms with Crippen LogP contribution >= 0.6 is 15.9 Å². The van der Waals surface area contributed by atoms with Gasteiger partial charge in [0, 0.05) is 5.69 Å². The molecule has 0 unspecified atom stereocenters. The van der Waals surface area contributed by atoms with Crippen LogP contribution in [0.4, 0.5) is 10.1 Å². The van der Waals surface area contributed by atoms with E-state index in [0.717, 1.165) is 0 Å². The van der Waals surface area contributed by atoms with Crippen molar-refractivity contribution in [3.63, 3.8) is 0 Å². The molecule has 7 heteroatoms. The van der Waals surface area contributed by atoms with Crippen molar-refractivity contribution < 1.29 is 9.18 Å². The fourth-order valence-electron chi connectivity index (χ4n) is 1.58. The van der Waals surface area contributed by atoms with Crippen LogP contribution in [-0.2, 0) is 11.3 Å². The van der Waals surface area contributed by atoms with Crippen molar-refractivity contribution in [2.75, 3.05) is 5.32 Å². The largest absolute Gasteiger partial charge is 0.324 e. The summed E-state index contributed by atoms with van der Waals surface area (Å²) in [6, 6.07) is 5.53. The number of rotatable bonds is 3. The van der Waals surface area contributed by atoms with E-state index in [1.807, 2.05) is 0 Å². The molecule has 104 valence electrons. The van der Waals surface area contributed by atoms with E-state index in [4.69, 9.17) is 0 Å². The van der Waals surface area contributed by atoms with Crippen LogP contribution in [0.15, 0.2) is 39.9 Å². The fourth-order valence-corrected chi connectivity index (χ4v) is 1.91. The summed E-state index contributed by atoms with van der Waals surface area (Å²) in [5.74, 6) is -0.880. The first-order valence-electron chi connectivity index (χ1n) is 5.74. The van der Waals surface area contributed by atoms with Gasteiger partial charge in [-0.1, -0.05) is 6.07 Å². The molecule has 0 aliphatic heterocycles. The average Bonchev–Trinajstić information content (AvgIpc) is 2.39. The highest BCUT2D eigenvalue weighted by atomic mass is 79.9. The molecule has 0 atom stereocenters. The molecule has 0 saturated carbocycles. The molecule has 0 aliphatic carbocycles. The molecule has 1 N–H and O–H groups in total. The molecule has 2 aromatic rings. The van der Waals surface area contributed by atoms with Gasteiger partial charge in [0.2, 0.25) is 5.91 Å². The lowest BCUT2D eigenvalue weighted by molar-refractivity contribution is -0.116. The number of amides is 1. The van der Waals surface area contributed by atoms with Gasteiger partial charge in [-0.2, -0.15) is 0 Å². The number of aryl methyl sites for hydroxylation is 1. The van der Waals surface area contributed by atoms with Gasteiger partial charge in [0.25, 0.3) is 5.56 Å². The average molecular weight is 340 g/mol. The molecule has 1 heterocycles. The number of aromatic nitrogens is 2. The highest BCUT2D eigenvalue weighted by molar-refractivity contribution is 9.10. The molecule has 5 nitrogen and oxygen atoms in total. The van der Waals surface area contributed by atoms with Crippen LogP contribution in [0.25, 0.3) is 0 Å². The van der Waals surface area contributed by atoms with Gasteiger partial charge in [-0.15, -0.1) is 0 Å². The van der Waals surface area contributed by atoms with Crippen LogP contribution in [0, 0.1) is 12.7 Å². The van der Waals surface area contributed by atoms with Gasteiger partial charge in [0.05, 0.1) is 12.0 Å². The molecule has 0 bridgehead atoms. The van der Waals surface area contributed by atoms with Crippen molar-refractivity contribution in [2.45, 2.75) is 13.5 Å². The number of benzene rings is 1. The quantitative estimate of drug-likeness (QED) is 0.931. The molecule has 1 aromatic carbocycles. The van der Waals surface area contributed by atoms with Crippen molar-refractivity contribution in [2.24, 2.45) is 0 Å². The predicted octanol–water partition coefficient (Wildman–Crippen LogP) is 2.09. The van der Waals surface area contributed by atoms with Gasteiger partial charge in [-0.05, 0) is 41.1 Å². The lowest BCUT2D eigenvalue weighted by Crippen LogP contribution is -2.28. The molecule has 0 spiro atoms. The van der Waals surface area contributed by atoms with E-state index in [0.29, 0.717) is 15.9 Å². The van der Waals surface area contributed by atoms with Crippen LogP contribution in [0.5, 0.6) is 0 Å². The number of carbonyl (C=O) groups is 1. The summed E-state index contributed by atoms with van der Waals surface area (Å²) in [7, 11) is 0. The Kier molecular flexibility index (Phi) is 4.29. The van der Waals surface area contributed by atoms with Crippen molar-refractivity contribution in [1.29, 1.82) is 0 Å². The third kappa shape index (κ3) is 3.30. The van der Waals surface area contributed by atoms with Crippen LogP contribution < -0.4 is 10.9 Å². The van der Waals surface area contributed by atoms with E-state index in [-0.39, 0.29) is 12.1 Å². The molecular formula is C13H11BrFN3O2. The van der Waals surface area contributed by atoms with E-state index in [9.17, 15) is 14.0 Å². The minimum atomic E-state index is -0.445. The minimum absolute atomic E-state index is 0.193. The zero-order valence-electron chi connectivity index (χ0n) is 10.6. The van der Waals surface area contributed by atoms with E-state index in [1.54, 1.807) is 13.0 Å². The van der Waals surface area contributed by atoms with Crippen LogP contribution in [0.2, 0.25) is 0 Å². The van der Waals surface area contributed by atoms with Gasteiger partial charge in [0.15, 0.2) is 0 Å². The summed E-state index contributed by atoms with van der Waals surface area (Å²) in [6.45, 7) is 1.49. The molecular weight excluding hydrogens is 329 g/mol. The zero-order valence-corrected chi connectivity index (χ0v) is 12.1. The number of halogens is 2. The zero-order chi connectivity index (χ0) is 14.7. The van der Waals surface area contributed by atoms with Crippen molar-refractivity contribution in [1.82, 2.24) is 9.55 Å². The summed E-state index contributed by atoms with van der Waals surface area (Å²) in [6.07, 6.45) is 1.30.